The SMILES string of the molecule is COCCN(C)C/C=C/C(N)=O. The Morgan fingerprint density at radius 3 is 2.83 bits per heavy atom. The Hall–Kier alpha value is -0.870. The molecular weight excluding hydrogens is 156 g/mol. The van der Waals surface area contributed by atoms with Gasteiger partial charge in [0, 0.05) is 20.2 Å². The predicted octanol–water partition coefficient (Wildman–Crippen LogP) is -0.394. The van der Waals surface area contributed by atoms with E-state index in [2.05, 4.69) is 0 Å². The molecule has 0 radical (unpaired) electrons. The first kappa shape index (κ1) is 11.1. The first-order valence-electron chi connectivity index (χ1n) is 3.80. The van der Waals surface area contributed by atoms with Crippen LogP contribution in [0.2, 0.25) is 0 Å². The zero-order valence-corrected chi connectivity index (χ0v) is 7.62. The summed E-state index contributed by atoms with van der Waals surface area (Å²) in [7, 11) is 3.61. The maximum atomic E-state index is 10.3. The highest BCUT2D eigenvalue weighted by molar-refractivity contribution is 5.85. The van der Waals surface area contributed by atoms with Crippen LogP contribution in [-0.4, -0.2) is 44.7 Å². The number of hydrogen-bond donors (Lipinski definition) is 1. The van der Waals surface area contributed by atoms with E-state index in [1.807, 2.05) is 11.9 Å². The van der Waals surface area contributed by atoms with Crippen molar-refractivity contribution in [2.45, 2.75) is 0 Å². The zero-order valence-electron chi connectivity index (χ0n) is 7.62. The second kappa shape index (κ2) is 6.82. The van der Waals surface area contributed by atoms with Crippen LogP contribution in [0.5, 0.6) is 0 Å². The van der Waals surface area contributed by atoms with Crippen molar-refractivity contribution in [3.63, 3.8) is 0 Å². The topological polar surface area (TPSA) is 55.6 Å². The molecule has 12 heavy (non-hydrogen) atoms. The van der Waals surface area contributed by atoms with E-state index in [4.69, 9.17) is 10.5 Å². The van der Waals surface area contributed by atoms with Crippen LogP contribution in [0, 0.1) is 0 Å². The van der Waals surface area contributed by atoms with Gasteiger partial charge in [0.05, 0.1) is 6.61 Å². The van der Waals surface area contributed by atoms with Crippen LogP contribution in [0.25, 0.3) is 0 Å². The summed E-state index contributed by atoms with van der Waals surface area (Å²) in [5.74, 6) is -0.407. The molecule has 2 N–H and O–H groups in total. The summed E-state index contributed by atoms with van der Waals surface area (Å²) in [4.78, 5) is 12.3. The maximum Gasteiger partial charge on any atom is 0.241 e. The highest BCUT2D eigenvalue weighted by Gasteiger charge is 1.93. The molecule has 0 heterocycles. The van der Waals surface area contributed by atoms with E-state index >= 15 is 0 Å². The first-order chi connectivity index (χ1) is 5.66. The maximum absolute atomic E-state index is 10.3. The number of carbonyl (C=O) groups is 1. The average molecular weight is 172 g/mol. The number of primary amides is 1. The second-order valence-electron chi connectivity index (χ2n) is 2.56. The molecule has 0 aliphatic carbocycles. The number of hydrogen-bond acceptors (Lipinski definition) is 3. The first-order valence-corrected chi connectivity index (χ1v) is 3.80. The summed E-state index contributed by atoms with van der Waals surface area (Å²) in [6.45, 7) is 2.26. The van der Waals surface area contributed by atoms with Gasteiger partial charge >= 0.3 is 0 Å². The summed E-state index contributed by atoms with van der Waals surface area (Å²) >= 11 is 0. The van der Waals surface area contributed by atoms with Crippen molar-refractivity contribution in [3.8, 4) is 0 Å². The fourth-order valence-corrected chi connectivity index (χ4v) is 0.687. The lowest BCUT2D eigenvalue weighted by Gasteiger charge is -2.12. The third-order valence-electron chi connectivity index (χ3n) is 1.38. The molecule has 70 valence electrons. The van der Waals surface area contributed by atoms with Crippen molar-refractivity contribution >= 4 is 5.91 Å². The Balaban J connectivity index is 3.42. The van der Waals surface area contributed by atoms with Gasteiger partial charge in [-0.1, -0.05) is 6.08 Å². The Morgan fingerprint density at radius 2 is 2.33 bits per heavy atom. The molecule has 0 spiro atoms. The summed E-state index contributed by atoms with van der Waals surface area (Å²) in [5, 5.41) is 0. The van der Waals surface area contributed by atoms with Gasteiger partial charge in [0.25, 0.3) is 0 Å². The van der Waals surface area contributed by atoms with Crippen LogP contribution in [-0.2, 0) is 9.53 Å². The molecule has 0 aliphatic heterocycles. The van der Waals surface area contributed by atoms with Crippen molar-refractivity contribution in [2.75, 3.05) is 33.9 Å². The van der Waals surface area contributed by atoms with Crippen LogP contribution in [0.3, 0.4) is 0 Å². The van der Waals surface area contributed by atoms with Gasteiger partial charge in [0.15, 0.2) is 0 Å². The van der Waals surface area contributed by atoms with Gasteiger partial charge in [0.2, 0.25) is 5.91 Å². The third kappa shape index (κ3) is 7.24. The molecule has 4 nitrogen and oxygen atoms in total. The summed E-state index contributed by atoms with van der Waals surface area (Å²) < 4.78 is 4.88. The number of ether oxygens (including phenoxy) is 1. The molecule has 1 amide bonds. The molecule has 0 rings (SSSR count). The number of nitrogens with two attached hydrogens (primary N) is 1. The summed E-state index contributed by atoms with van der Waals surface area (Å²) in [5.41, 5.74) is 4.91. The number of likely N-dealkylation sites (N-methyl/N-ethyl adjacent to an activating group) is 1. The molecule has 4 heteroatoms. The smallest absolute Gasteiger partial charge is 0.241 e. The molecule has 0 saturated heterocycles. The number of amides is 1. The highest BCUT2D eigenvalue weighted by atomic mass is 16.5. The Labute approximate surface area is 73.0 Å². The van der Waals surface area contributed by atoms with Gasteiger partial charge in [-0.25, -0.2) is 0 Å². The molecule has 0 unspecified atom stereocenters. The van der Waals surface area contributed by atoms with E-state index in [1.54, 1.807) is 13.2 Å². The van der Waals surface area contributed by atoms with E-state index in [0.29, 0.717) is 13.2 Å². The third-order valence-corrected chi connectivity index (χ3v) is 1.38. The lowest BCUT2D eigenvalue weighted by Crippen LogP contribution is -2.23. The standard InChI is InChI=1S/C8H16N2O2/c1-10(6-7-12-2)5-3-4-8(9)11/h3-4H,5-7H2,1-2H3,(H2,9,11)/b4-3+. The molecule has 0 bridgehead atoms. The lowest BCUT2D eigenvalue weighted by molar-refractivity contribution is -0.113. The number of nitrogens with zero attached hydrogens (tertiary/aromatic N) is 1. The minimum atomic E-state index is -0.407. The quantitative estimate of drug-likeness (QED) is 0.555. The van der Waals surface area contributed by atoms with E-state index in [-0.39, 0.29) is 0 Å². The Bertz CT molecular complexity index is 157. The van der Waals surface area contributed by atoms with E-state index in [1.165, 1.54) is 6.08 Å². The van der Waals surface area contributed by atoms with E-state index < -0.39 is 5.91 Å². The van der Waals surface area contributed by atoms with Gasteiger partial charge in [-0.05, 0) is 13.1 Å². The molecule has 0 aliphatic rings. The van der Waals surface area contributed by atoms with Gasteiger partial charge < -0.3 is 15.4 Å². The van der Waals surface area contributed by atoms with Crippen molar-refractivity contribution < 1.29 is 9.53 Å². The fourth-order valence-electron chi connectivity index (χ4n) is 0.687. The molecule has 0 atom stereocenters. The molecule has 0 aromatic rings. The monoisotopic (exact) mass is 172 g/mol. The molecule has 0 aromatic carbocycles. The zero-order chi connectivity index (χ0) is 9.40. The van der Waals surface area contributed by atoms with Crippen molar-refractivity contribution in [3.05, 3.63) is 12.2 Å². The van der Waals surface area contributed by atoms with Gasteiger partial charge in [0.1, 0.15) is 0 Å². The van der Waals surface area contributed by atoms with E-state index in [9.17, 15) is 4.79 Å². The Morgan fingerprint density at radius 1 is 1.67 bits per heavy atom. The normalized spacial score (nSPS) is 11.2. The van der Waals surface area contributed by atoms with Gasteiger partial charge in [-0.3, -0.25) is 4.79 Å². The van der Waals surface area contributed by atoms with Crippen LogP contribution in [0.4, 0.5) is 0 Å². The molecular formula is C8H16N2O2. The molecule has 0 aromatic heterocycles. The number of carbonyl (C=O) groups excluding carboxylic acids is 1. The molecule has 0 fully saturated rings. The minimum Gasteiger partial charge on any atom is -0.383 e. The van der Waals surface area contributed by atoms with Crippen molar-refractivity contribution in [1.29, 1.82) is 0 Å². The minimum absolute atomic E-state index is 0.407. The van der Waals surface area contributed by atoms with Crippen LogP contribution < -0.4 is 5.73 Å². The predicted molar refractivity (Wildman–Crippen MR) is 47.7 cm³/mol. The summed E-state index contributed by atoms with van der Waals surface area (Å²) in [6, 6.07) is 0. The van der Waals surface area contributed by atoms with Crippen molar-refractivity contribution in [2.24, 2.45) is 5.73 Å². The lowest BCUT2D eigenvalue weighted by atomic mass is 10.4. The van der Waals surface area contributed by atoms with Crippen molar-refractivity contribution in [1.82, 2.24) is 4.90 Å². The number of methoxy groups -OCH3 is 1. The van der Waals surface area contributed by atoms with Crippen LogP contribution >= 0.6 is 0 Å². The fraction of sp³-hybridized carbons (Fsp3) is 0.625. The Kier molecular flexibility index (Phi) is 6.32. The van der Waals surface area contributed by atoms with Gasteiger partial charge in [-0.2, -0.15) is 0 Å². The van der Waals surface area contributed by atoms with Crippen LogP contribution in [0.1, 0.15) is 0 Å². The van der Waals surface area contributed by atoms with Crippen LogP contribution in [0.15, 0.2) is 12.2 Å². The largest absolute Gasteiger partial charge is 0.383 e. The van der Waals surface area contributed by atoms with Gasteiger partial charge in [-0.15, -0.1) is 0 Å². The average Bonchev–Trinajstić information content (AvgIpc) is 2.00. The number of rotatable bonds is 6. The van der Waals surface area contributed by atoms with E-state index in [0.717, 1.165) is 6.54 Å². The highest BCUT2D eigenvalue weighted by Crippen LogP contribution is 1.83. The molecule has 0 saturated carbocycles. The second-order valence-corrected chi connectivity index (χ2v) is 2.56. The summed E-state index contributed by atoms with van der Waals surface area (Å²) in [6.07, 6.45) is 3.10.